The lowest BCUT2D eigenvalue weighted by Gasteiger charge is -2.17. The zero-order valence-corrected chi connectivity index (χ0v) is 13.9. The largest absolute Gasteiger partial charge is 0.361 e. The van der Waals surface area contributed by atoms with Gasteiger partial charge in [0.15, 0.2) is 0 Å². The van der Waals surface area contributed by atoms with Crippen LogP contribution in [-0.2, 0) is 11.2 Å². The average molecular weight is 324 g/mol. The van der Waals surface area contributed by atoms with Crippen LogP contribution in [0.25, 0.3) is 10.9 Å². The monoisotopic (exact) mass is 324 g/mol. The van der Waals surface area contributed by atoms with E-state index in [0.29, 0.717) is 13.0 Å². The van der Waals surface area contributed by atoms with Gasteiger partial charge in [-0.1, -0.05) is 23.4 Å². The van der Waals surface area contributed by atoms with Crippen LogP contribution in [0.2, 0.25) is 0 Å². The minimum absolute atomic E-state index is 0.128. The fourth-order valence-electron chi connectivity index (χ4n) is 3.47. The van der Waals surface area contributed by atoms with E-state index in [1.807, 2.05) is 37.1 Å². The fraction of sp³-hybridized carbons (Fsp3) is 0.389. The van der Waals surface area contributed by atoms with E-state index in [0.717, 1.165) is 40.9 Å². The molecule has 0 bridgehead atoms. The van der Waals surface area contributed by atoms with E-state index < -0.39 is 0 Å². The molecule has 0 aliphatic carbocycles. The summed E-state index contributed by atoms with van der Waals surface area (Å²) in [6, 6.07) is 8.42. The molecule has 1 fully saturated rings. The number of aryl methyl sites for hydroxylation is 2. The van der Waals surface area contributed by atoms with Crippen LogP contribution in [-0.4, -0.2) is 38.8 Å². The predicted octanol–water partition coefficient (Wildman–Crippen LogP) is 2.66. The van der Waals surface area contributed by atoms with Gasteiger partial charge in [-0.15, -0.1) is 0 Å². The molecular weight excluding hydrogens is 304 g/mol. The van der Waals surface area contributed by atoms with Crippen molar-refractivity contribution in [3.8, 4) is 0 Å². The highest BCUT2D eigenvalue weighted by molar-refractivity contribution is 5.80. The molecule has 2 aromatic heterocycles. The molecule has 6 nitrogen and oxygen atoms in total. The Balaban J connectivity index is 1.49. The number of carbonyl (C=O) groups is 1. The molecule has 3 heterocycles. The molecule has 1 amide bonds. The zero-order chi connectivity index (χ0) is 16.7. The molecule has 4 rings (SSSR count). The minimum Gasteiger partial charge on any atom is -0.361 e. The first-order chi connectivity index (χ1) is 11.6. The summed E-state index contributed by atoms with van der Waals surface area (Å²) in [5.74, 6) is 0.859. The molecule has 1 atom stereocenters. The maximum absolute atomic E-state index is 12.6. The van der Waals surface area contributed by atoms with E-state index >= 15 is 0 Å². The van der Waals surface area contributed by atoms with E-state index in [2.05, 4.69) is 27.1 Å². The van der Waals surface area contributed by atoms with Crippen LogP contribution < -0.4 is 0 Å². The van der Waals surface area contributed by atoms with Crippen molar-refractivity contribution in [2.45, 2.75) is 32.7 Å². The molecule has 1 aliphatic rings. The zero-order valence-electron chi connectivity index (χ0n) is 13.9. The third-order valence-electron chi connectivity index (χ3n) is 4.88. The minimum atomic E-state index is 0.128. The van der Waals surface area contributed by atoms with Crippen molar-refractivity contribution in [1.82, 2.24) is 19.8 Å². The van der Waals surface area contributed by atoms with Gasteiger partial charge in [-0.3, -0.25) is 9.48 Å². The van der Waals surface area contributed by atoms with Crippen molar-refractivity contribution < 1.29 is 9.32 Å². The Hall–Kier alpha value is -2.63. The smallest absolute Gasteiger partial charge is 0.227 e. The Morgan fingerprint density at radius 2 is 2.17 bits per heavy atom. The van der Waals surface area contributed by atoms with E-state index in [4.69, 9.17) is 4.52 Å². The number of hydrogen-bond donors (Lipinski definition) is 0. The lowest BCUT2D eigenvalue weighted by atomic mass is 10.1. The van der Waals surface area contributed by atoms with Crippen LogP contribution in [0.4, 0.5) is 0 Å². The normalized spacial score (nSPS) is 17.8. The second kappa shape index (κ2) is 5.78. The summed E-state index contributed by atoms with van der Waals surface area (Å²) >= 11 is 0. The number of nitrogens with zero attached hydrogens (tertiary/aromatic N) is 4. The first-order valence-electron chi connectivity index (χ1n) is 8.25. The number of benzene rings is 1. The number of rotatable bonds is 3. The van der Waals surface area contributed by atoms with Crippen molar-refractivity contribution >= 4 is 16.8 Å². The number of aromatic nitrogens is 3. The van der Waals surface area contributed by atoms with Gasteiger partial charge in [-0.05, 0) is 26.3 Å². The van der Waals surface area contributed by atoms with Gasteiger partial charge in [0.05, 0.1) is 29.9 Å². The molecule has 24 heavy (non-hydrogen) atoms. The molecule has 1 aliphatic heterocycles. The Bertz CT molecular complexity index is 876. The van der Waals surface area contributed by atoms with Crippen LogP contribution in [0.5, 0.6) is 0 Å². The molecule has 0 saturated carbocycles. The molecule has 0 N–H and O–H groups in total. The topological polar surface area (TPSA) is 64.2 Å². The van der Waals surface area contributed by atoms with Crippen LogP contribution in [0.1, 0.15) is 29.5 Å². The first kappa shape index (κ1) is 14.9. The lowest BCUT2D eigenvalue weighted by molar-refractivity contribution is -0.129. The lowest BCUT2D eigenvalue weighted by Crippen LogP contribution is -2.30. The fourth-order valence-corrected chi connectivity index (χ4v) is 3.47. The highest BCUT2D eigenvalue weighted by atomic mass is 16.5. The van der Waals surface area contributed by atoms with Crippen molar-refractivity contribution in [1.29, 1.82) is 0 Å². The maximum Gasteiger partial charge on any atom is 0.227 e. The number of likely N-dealkylation sites (tertiary alicyclic amines) is 1. The Kier molecular flexibility index (Phi) is 3.59. The summed E-state index contributed by atoms with van der Waals surface area (Å²) in [6.45, 7) is 5.20. The quantitative estimate of drug-likeness (QED) is 0.743. The van der Waals surface area contributed by atoms with Gasteiger partial charge >= 0.3 is 0 Å². The van der Waals surface area contributed by atoms with E-state index in [1.165, 1.54) is 0 Å². The standard InChI is InChI=1S/C18H20N4O2/c1-12-16(13(2)24-20-12)9-18(23)21-8-7-15(11-21)22-17-6-4-3-5-14(17)10-19-22/h3-6,10,15H,7-9,11H2,1-2H3/t15-/m1/s1. The van der Waals surface area contributed by atoms with Gasteiger partial charge < -0.3 is 9.42 Å². The molecule has 1 saturated heterocycles. The predicted molar refractivity (Wildman–Crippen MR) is 89.6 cm³/mol. The summed E-state index contributed by atoms with van der Waals surface area (Å²) in [5.41, 5.74) is 2.84. The molecule has 6 heteroatoms. The third-order valence-corrected chi connectivity index (χ3v) is 4.88. The van der Waals surface area contributed by atoms with Crippen LogP contribution in [0.15, 0.2) is 35.0 Å². The van der Waals surface area contributed by atoms with Crippen LogP contribution in [0, 0.1) is 13.8 Å². The summed E-state index contributed by atoms with van der Waals surface area (Å²) in [5, 5.41) is 9.59. The van der Waals surface area contributed by atoms with E-state index in [9.17, 15) is 4.79 Å². The number of para-hydroxylation sites is 1. The van der Waals surface area contributed by atoms with Crippen LogP contribution in [0.3, 0.4) is 0 Å². The van der Waals surface area contributed by atoms with Crippen molar-refractivity contribution in [3.63, 3.8) is 0 Å². The molecule has 1 aromatic carbocycles. The molecule has 0 unspecified atom stereocenters. The molecule has 0 spiro atoms. The Morgan fingerprint density at radius 1 is 1.33 bits per heavy atom. The van der Waals surface area contributed by atoms with Crippen molar-refractivity contribution in [3.05, 3.63) is 47.5 Å². The van der Waals surface area contributed by atoms with E-state index in [-0.39, 0.29) is 11.9 Å². The van der Waals surface area contributed by atoms with Crippen molar-refractivity contribution in [2.75, 3.05) is 13.1 Å². The number of amides is 1. The van der Waals surface area contributed by atoms with Gasteiger partial charge in [0.25, 0.3) is 0 Å². The number of hydrogen-bond acceptors (Lipinski definition) is 4. The van der Waals surface area contributed by atoms with Crippen LogP contribution >= 0.6 is 0 Å². The van der Waals surface area contributed by atoms with Gasteiger partial charge in [0.1, 0.15) is 5.76 Å². The molecular formula is C18H20N4O2. The molecule has 124 valence electrons. The van der Waals surface area contributed by atoms with Gasteiger partial charge in [-0.2, -0.15) is 5.10 Å². The number of carbonyl (C=O) groups excluding carboxylic acids is 1. The summed E-state index contributed by atoms with van der Waals surface area (Å²) < 4.78 is 7.21. The van der Waals surface area contributed by atoms with Gasteiger partial charge in [-0.25, -0.2) is 0 Å². The second-order valence-electron chi connectivity index (χ2n) is 6.41. The Morgan fingerprint density at radius 3 is 2.96 bits per heavy atom. The SMILES string of the molecule is Cc1noc(C)c1CC(=O)N1CC[C@@H](n2ncc3ccccc32)C1. The summed E-state index contributed by atoms with van der Waals surface area (Å²) in [7, 11) is 0. The maximum atomic E-state index is 12.6. The van der Waals surface area contributed by atoms with E-state index in [1.54, 1.807) is 0 Å². The van der Waals surface area contributed by atoms with Gasteiger partial charge in [0, 0.05) is 24.0 Å². The molecule has 0 radical (unpaired) electrons. The van der Waals surface area contributed by atoms with Gasteiger partial charge in [0.2, 0.25) is 5.91 Å². The summed E-state index contributed by atoms with van der Waals surface area (Å²) in [6.07, 6.45) is 3.18. The summed E-state index contributed by atoms with van der Waals surface area (Å²) in [4.78, 5) is 14.5. The Labute approximate surface area is 140 Å². The second-order valence-corrected chi connectivity index (χ2v) is 6.41. The molecule has 3 aromatic rings. The highest BCUT2D eigenvalue weighted by Crippen LogP contribution is 2.26. The number of fused-ring (bicyclic) bond motifs is 1. The average Bonchev–Trinajstić information content (AvgIpc) is 3.29. The first-order valence-corrected chi connectivity index (χ1v) is 8.25. The van der Waals surface area contributed by atoms with Crippen molar-refractivity contribution in [2.24, 2.45) is 0 Å². The third kappa shape index (κ3) is 2.48. The highest BCUT2D eigenvalue weighted by Gasteiger charge is 2.29.